The number of nitrogens with zero attached hydrogens (tertiary/aromatic N) is 4. The van der Waals surface area contributed by atoms with Crippen LogP contribution in [0.3, 0.4) is 0 Å². The number of esters is 2. The van der Waals surface area contributed by atoms with Gasteiger partial charge in [-0.2, -0.15) is 0 Å². The number of hydrogen-bond donors (Lipinski definition) is 3. The van der Waals surface area contributed by atoms with Crippen LogP contribution in [0.25, 0.3) is 44.1 Å². The third-order valence-corrected chi connectivity index (χ3v) is 15.4. The molecule has 4 N–H and O–H groups in total. The van der Waals surface area contributed by atoms with Gasteiger partial charge in [0.1, 0.15) is 0 Å². The fraction of sp³-hybridized carbons (Fsp3) is 0.200. The van der Waals surface area contributed by atoms with Crippen LogP contribution in [0.2, 0.25) is 0 Å². The van der Waals surface area contributed by atoms with Crippen LogP contribution in [0.4, 0.5) is 11.4 Å². The Balaban J connectivity index is 0.000000195. The van der Waals surface area contributed by atoms with Crippen molar-refractivity contribution in [2.45, 2.75) is 80.6 Å². The normalized spacial score (nSPS) is 11.6. The lowest BCUT2D eigenvalue weighted by molar-refractivity contribution is -0.385. The Morgan fingerprint density at radius 1 is 0.529 bits per heavy atom. The van der Waals surface area contributed by atoms with Crippen molar-refractivity contribution < 1.29 is 43.6 Å². The molecule has 0 bridgehead atoms. The highest BCUT2D eigenvalue weighted by Gasteiger charge is 2.20. The van der Waals surface area contributed by atoms with Gasteiger partial charge in [0.2, 0.25) is 0 Å². The van der Waals surface area contributed by atoms with Crippen LogP contribution >= 0.6 is 0 Å². The predicted molar refractivity (Wildman–Crippen MR) is 338 cm³/mol. The number of carbonyl (C=O) groups excluding carboxylic acids is 3. The number of benzene rings is 8. The van der Waals surface area contributed by atoms with Gasteiger partial charge in [-0.1, -0.05) is 97.1 Å². The summed E-state index contributed by atoms with van der Waals surface area (Å²) < 4.78 is 14.8. The summed E-state index contributed by atoms with van der Waals surface area (Å²) in [5, 5.41) is 35.5. The fourth-order valence-electron chi connectivity index (χ4n) is 10.4. The first-order valence-corrected chi connectivity index (χ1v) is 28.4. The maximum atomic E-state index is 13.2. The number of carboxylic acids is 1. The number of carboxylic acid groups (broad SMARTS) is 1. The zero-order chi connectivity index (χ0) is 62.6. The average molecular weight is 1170 g/mol. The summed E-state index contributed by atoms with van der Waals surface area (Å²) in [6, 6.07) is 54.3. The van der Waals surface area contributed by atoms with Crippen LogP contribution < -0.4 is 11.1 Å². The van der Waals surface area contributed by atoms with Gasteiger partial charge in [0.05, 0.1) is 45.8 Å². The Morgan fingerprint density at radius 3 is 1.36 bits per heavy atom. The maximum Gasteiger partial charge on any atom is 0.338 e. The minimum absolute atomic E-state index is 0.0101. The molecule has 10 aromatic rings. The number of carbonyl (C=O) groups is 4. The number of nitro benzene ring substituents is 2. The van der Waals surface area contributed by atoms with E-state index in [4.69, 9.17) is 15.2 Å². The Hall–Kier alpha value is -10.5. The molecule has 1 amide bonds. The molecule has 444 valence electrons. The van der Waals surface area contributed by atoms with Crippen molar-refractivity contribution in [2.75, 3.05) is 13.2 Å². The zero-order valence-electron chi connectivity index (χ0n) is 49.7. The van der Waals surface area contributed by atoms with Gasteiger partial charge in [-0.15, -0.1) is 0 Å². The summed E-state index contributed by atoms with van der Waals surface area (Å²) in [7, 11) is 0. The molecule has 0 saturated carbocycles. The van der Waals surface area contributed by atoms with Crippen molar-refractivity contribution in [3.63, 3.8) is 0 Å². The molecule has 2 atom stereocenters. The van der Waals surface area contributed by atoms with Crippen molar-refractivity contribution in [3.05, 3.63) is 269 Å². The second-order valence-electron chi connectivity index (χ2n) is 21.0. The maximum absolute atomic E-state index is 13.2. The number of nitrogens with one attached hydrogen (secondary N) is 1. The highest BCUT2D eigenvalue weighted by molar-refractivity contribution is 6.00. The Bertz CT molecular complexity index is 4200. The number of aromatic carboxylic acids is 1. The number of aryl methyl sites for hydroxylation is 2. The summed E-state index contributed by atoms with van der Waals surface area (Å²) in [6.07, 6.45) is 0. The molecule has 0 aliphatic heterocycles. The smallest absolute Gasteiger partial charge is 0.338 e. The van der Waals surface area contributed by atoms with Gasteiger partial charge in [-0.3, -0.25) is 25.0 Å². The monoisotopic (exact) mass is 1170 g/mol. The van der Waals surface area contributed by atoms with E-state index in [-0.39, 0.29) is 46.9 Å². The van der Waals surface area contributed by atoms with E-state index < -0.39 is 15.8 Å². The number of non-ortho nitro benzene ring substituents is 2. The van der Waals surface area contributed by atoms with Crippen LogP contribution in [0.15, 0.2) is 182 Å². The van der Waals surface area contributed by atoms with Crippen molar-refractivity contribution in [1.82, 2.24) is 14.5 Å². The number of rotatable bonds is 17. The van der Waals surface area contributed by atoms with Crippen LogP contribution in [-0.2, 0) is 22.6 Å². The van der Waals surface area contributed by atoms with Crippen molar-refractivity contribution in [2.24, 2.45) is 5.73 Å². The molecule has 0 fully saturated rings. The lowest BCUT2D eigenvalue weighted by atomic mass is 9.98. The molecule has 0 unspecified atom stereocenters. The Labute approximate surface area is 503 Å². The lowest BCUT2D eigenvalue weighted by Gasteiger charge is -2.15. The highest BCUT2D eigenvalue weighted by Crippen LogP contribution is 2.34. The number of nitro groups is 2. The van der Waals surface area contributed by atoms with E-state index in [9.17, 15) is 44.5 Å². The van der Waals surface area contributed by atoms with Crippen LogP contribution in [-0.4, -0.2) is 61.1 Å². The number of hydrogen-bond acceptors (Lipinski definition) is 11. The average Bonchev–Trinajstić information content (AvgIpc) is 1.77. The number of fused-ring (bicyclic) bond motifs is 2. The Morgan fingerprint density at radius 2 is 0.943 bits per heavy atom. The first kappa shape index (κ1) is 62.5. The van der Waals surface area contributed by atoms with Crippen LogP contribution in [0.5, 0.6) is 0 Å². The molecule has 17 heteroatoms. The van der Waals surface area contributed by atoms with Gasteiger partial charge in [0.25, 0.3) is 17.3 Å². The third kappa shape index (κ3) is 14.5. The van der Waals surface area contributed by atoms with E-state index in [1.165, 1.54) is 24.3 Å². The molecular formula is C70H68N6O11. The summed E-state index contributed by atoms with van der Waals surface area (Å²) in [5.74, 6) is -1.82. The van der Waals surface area contributed by atoms with Crippen molar-refractivity contribution in [1.29, 1.82) is 0 Å². The molecule has 2 aromatic heterocycles. The molecule has 0 saturated heterocycles. The van der Waals surface area contributed by atoms with Gasteiger partial charge in [-0.05, 0) is 172 Å². The van der Waals surface area contributed by atoms with Crippen LogP contribution in [0, 0.1) is 47.9 Å². The van der Waals surface area contributed by atoms with Gasteiger partial charge in [0.15, 0.2) is 0 Å². The van der Waals surface area contributed by atoms with E-state index in [2.05, 4.69) is 59.5 Å². The van der Waals surface area contributed by atoms with Gasteiger partial charge < -0.3 is 34.8 Å². The largest absolute Gasteiger partial charge is 0.478 e. The van der Waals surface area contributed by atoms with Crippen molar-refractivity contribution >= 4 is 57.0 Å². The first-order chi connectivity index (χ1) is 41.7. The van der Waals surface area contributed by atoms with Gasteiger partial charge in [-0.25, -0.2) is 14.4 Å². The molecule has 10 rings (SSSR count). The molecular weight excluding hydrogens is 1100 g/mol. The Kier molecular flexibility index (Phi) is 20.1. The van der Waals surface area contributed by atoms with Crippen molar-refractivity contribution in [3.8, 4) is 22.3 Å². The third-order valence-electron chi connectivity index (χ3n) is 15.4. The van der Waals surface area contributed by atoms with Gasteiger partial charge in [0, 0.05) is 82.2 Å². The molecule has 0 spiro atoms. The number of amides is 1. The zero-order valence-corrected chi connectivity index (χ0v) is 49.7. The SMILES string of the molecule is CCOC(=O)c1cccc(-c2ccccc2Cn2c(C)c(C)c3cc(C(=O)N[C@@H](C)c4ccc([N+](=O)[O-])cc4)ccc32)c1.CCOC(=O)c1cccc(-c2ccccc2Cn2c(C)c(C)c3cc(C(=O)O)ccc32)c1.C[C@H](N)c1ccc([N+](=O)[O-])cc1. The summed E-state index contributed by atoms with van der Waals surface area (Å²) in [6.45, 7) is 17.4. The number of aromatic nitrogens is 2. The second-order valence-corrected chi connectivity index (χ2v) is 21.0. The summed E-state index contributed by atoms with van der Waals surface area (Å²) >= 11 is 0. The lowest BCUT2D eigenvalue weighted by Crippen LogP contribution is -2.26. The van der Waals surface area contributed by atoms with E-state index in [1.807, 2.05) is 106 Å². The topological polar surface area (TPSA) is 241 Å². The predicted octanol–water partition coefficient (Wildman–Crippen LogP) is 15.0. The van der Waals surface area contributed by atoms with E-state index in [1.54, 1.807) is 62.4 Å². The number of ether oxygens (including phenoxy) is 2. The second kappa shape index (κ2) is 27.9. The molecule has 87 heavy (non-hydrogen) atoms. The molecule has 0 aliphatic carbocycles. The fourth-order valence-corrected chi connectivity index (χ4v) is 10.4. The molecule has 8 aromatic carbocycles. The standard InChI is InChI=1S/C35H33N3O5.C27H25NO4.C8H10N2O2/c1-5-43-35(40)28-11-8-10-26(19-28)31-12-7-6-9-29(31)21-37-24(4)22(2)32-20-27(15-18-33(32)37)34(39)36-23(3)25-13-16-30(17-14-25)38(41)42;1-4-32-27(31)21-10-7-9-19(14-21)23-11-6-5-8-22(23)16-28-18(3)17(2)24-15-20(26(29)30)12-13-25(24)28;1-6(9)7-2-4-8(5-3-7)10(11)12/h6-20,23H,5,21H2,1-4H3,(H,36,39);5-15H,4,16H2,1-3H3,(H,29,30);2-6H,9H2,1H3/t23-;;6-/m0.0/s1. The first-order valence-electron chi connectivity index (χ1n) is 28.4. The minimum atomic E-state index is -0.927. The van der Waals surface area contributed by atoms with E-state index in [0.29, 0.717) is 43.0 Å². The highest BCUT2D eigenvalue weighted by atomic mass is 16.6. The molecule has 0 aliphatic rings. The van der Waals surface area contributed by atoms with E-state index in [0.717, 1.165) is 88.8 Å². The molecule has 17 nitrogen and oxygen atoms in total. The quantitative estimate of drug-likeness (QED) is 0.0438. The minimum Gasteiger partial charge on any atom is -0.478 e. The number of nitrogens with two attached hydrogens (primary N) is 1. The summed E-state index contributed by atoms with van der Waals surface area (Å²) in [4.78, 5) is 69.5. The van der Waals surface area contributed by atoms with E-state index >= 15 is 0 Å². The van der Waals surface area contributed by atoms with Gasteiger partial charge >= 0.3 is 17.9 Å². The molecule has 0 radical (unpaired) electrons. The van der Waals surface area contributed by atoms with Crippen LogP contribution in [0.1, 0.15) is 126 Å². The summed E-state index contributed by atoms with van der Waals surface area (Å²) in [5.41, 5.74) is 21.8. The molecule has 2 heterocycles.